The molecule has 3 rings (SSSR count). The molecule has 0 bridgehead atoms. The predicted octanol–water partition coefficient (Wildman–Crippen LogP) is -1.27. The summed E-state index contributed by atoms with van der Waals surface area (Å²) in [5, 5.41) is 2.41. The Morgan fingerprint density at radius 2 is 2.17 bits per heavy atom. The smallest absolute Gasteiger partial charge is 0.167 e. The van der Waals surface area contributed by atoms with Gasteiger partial charge in [-0.1, -0.05) is 12.1 Å². The summed E-state index contributed by atoms with van der Waals surface area (Å²) in [7, 11) is 1.78. The number of hydrogen-bond donors (Lipinski definition) is 2. The van der Waals surface area contributed by atoms with Crippen LogP contribution in [0.3, 0.4) is 0 Å². The molecule has 18 heavy (non-hydrogen) atoms. The van der Waals surface area contributed by atoms with Crippen LogP contribution in [0, 0.1) is 0 Å². The van der Waals surface area contributed by atoms with Crippen molar-refractivity contribution in [3.63, 3.8) is 0 Å². The van der Waals surface area contributed by atoms with Crippen LogP contribution in [0.15, 0.2) is 18.2 Å². The van der Waals surface area contributed by atoms with E-state index < -0.39 is 0 Å². The fraction of sp³-hybridized carbons (Fsp3) is 0.571. The Morgan fingerprint density at radius 1 is 1.33 bits per heavy atom. The van der Waals surface area contributed by atoms with Gasteiger partial charge in [-0.3, -0.25) is 0 Å². The van der Waals surface area contributed by atoms with Gasteiger partial charge in [-0.25, -0.2) is 0 Å². The molecule has 2 aliphatic heterocycles. The fourth-order valence-electron chi connectivity index (χ4n) is 3.22. The van der Waals surface area contributed by atoms with Crippen molar-refractivity contribution in [2.45, 2.75) is 12.6 Å². The molecule has 0 radical (unpaired) electrons. The van der Waals surface area contributed by atoms with Gasteiger partial charge in [0.1, 0.15) is 31.9 Å². The number of quaternary nitrogens is 2. The zero-order chi connectivity index (χ0) is 12.4. The lowest BCUT2D eigenvalue weighted by molar-refractivity contribution is -0.954. The minimum Gasteiger partial charge on any atom is -0.496 e. The lowest BCUT2D eigenvalue weighted by atomic mass is 9.94. The highest BCUT2D eigenvalue weighted by Crippen LogP contribution is 2.28. The van der Waals surface area contributed by atoms with Crippen molar-refractivity contribution in [2.75, 3.05) is 40.0 Å². The molecule has 2 aliphatic rings. The highest BCUT2D eigenvalue weighted by atomic mass is 16.5. The van der Waals surface area contributed by atoms with Gasteiger partial charge in [-0.05, 0) is 6.07 Å². The normalized spacial score (nSPS) is 24.6. The Bertz CT molecular complexity index is 402. The van der Waals surface area contributed by atoms with Crippen LogP contribution in [-0.4, -0.2) is 40.0 Å². The van der Waals surface area contributed by atoms with Crippen molar-refractivity contribution in [1.82, 2.24) is 0 Å². The van der Waals surface area contributed by atoms with Crippen LogP contribution in [0.1, 0.15) is 17.2 Å². The lowest BCUT2D eigenvalue weighted by Crippen LogP contribution is -3.17. The number of nitrogens with one attached hydrogen (secondary N) is 1. The monoisotopic (exact) mass is 250 g/mol. The molecule has 4 heteroatoms. The molecule has 98 valence electrons. The van der Waals surface area contributed by atoms with Crippen LogP contribution < -0.4 is 15.0 Å². The SMILES string of the molecule is COc1cccc2c1[C@H]([NH+]1CCOCC1)C[NH2+]C2. The van der Waals surface area contributed by atoms with Crippen LogP contribution in [0.5, 0.6) is 5.75 Å². The topological polar surface area (TPSA) is 39.5 Å². The highest BCUT2D eigenvalue weighted by molar-refractivity contribution is 5.42. The molecule has 0 unspecified atom stereocenters. The number of fused-ring (bicyclic) bond motifs is 1. The van der Waals surface area contributed by atoms with E-state index in [-0.39, 0.29) is 0 Å². The predicted molar refractivity (Wildman–Crippen MR) is 67.7 cm³/mol. The maximum atomic E-state index is 5.58. The minimum absolute atomic E-state index is 0.550. The molecule has 1 aromatic rings. The first-order valence-electron chi connectivity index (χ1n) is 6.80. The third-order valence-corrected chi connectivity index (χ3v) is 4.12. The Hall–Kier alpha value is -1.10. The molecule has 0 aliphatic carbocycles. The first kappa shape index (κ1) is 12.0. The zero-order valence-corrected chi connectivity index (χ0v) is 10.9. The van der Waals surface area contributed by atoms with E-state index in [0.717, 1.165) is 45.1 Å². The van der Waals surface area contributed by atoms with Crippen molar-refractivity contribution < 1.29 is 19.7 Å². The van der Waals surface area contributed by atoms with Gasteiger partial charge in [-0.15, -0.1) is 0 Å². The summed E-state index contributed by atoms with van der Waals surface area (Å²) < 4.78 is 11.0. The van der Waals surface area contributed by atoms with Gasteiger partial charge >= 0.3 is 0 Å². The van der Waals surface area contributed by atoms with E-state index in [1.165, 1.54) is 11.1 Å². The molecule has 1 fully saturated rings. The average Bonchev–Trinajstić information content (AvgIpc) is 2.47. The van der Waals surface area contributed by atoms with Crippen LogP contribution in [0.4, 0.5) is 0 Å². The Kier molecular flexibility index (Phi) is 3.50. The van der Waals surface area contributed by atoms with Gasteiger partial charge in [0.25, 0.3) is 0 Å². The van der Waals surface area contributed by atoms with Crippen LogP contribution in [-0.2, 0) is 11.3 Å². The quantitative estimate of drug-likeness (QED) is 0.687. The number of hydrogen-bond acceptors (Lipinski definition) is 2. The van der Waals surface area contributed by atoms with Gasteiger partial charge < -0.3 is 19.7 Å². The number of nitrogens with two attached hydrogens (primary N) is 1. The van der Waals surface area contributed by atoms with E-state index in [1.807, 2.05) is 0 Å². The van der Waals surface area contributed by atoms with Gasteiger partial charge in [0, 0.05) is 5.56 Å². The molecule has 0 amide bonds. The lowest BCUT2D eigenvalue weighted by Gasteiger charge is -2.34. The number of morpholine rings is 1. The van der Waals surface area contributed by atoms with Gasteiger partial charge in [0.15, 0.2) is 6.04 Å². The van der Waals surface area contributed by atoms with E-state index in [4.69, 9.17) is 9.47 Å². The van der Waals surface area contributed by atoms with Gasteiger partial charge in [0.05, 0.1) is 25.9 Å². The maximum Gasteiger partial charge on any atom is 0.167 e. The largest absolute Gasteiger partial charge is 0.496 e. The molecular formula is C14H22N2O2+2. The molecular weight excluding hydrogens is 228 g/mol. The maximum absolute atomic E-state index is 5.58. The van der Waals surface area contributed by atoms with E-state index in [2.05, 4.69) is 23.5 Å². The van der Waals surface area contributed by atoms with Crippen LogP contribution in [0.2, 0.25) is 0 Å². The van der Waals surface area contributed by atoms with Gasteiger partial charge in [0.2, 0.25) is 0 Å². The number of rotatable bonds is 2. The second kappa shape index (κ2) is 5.26. The summed E-state index contributed by atoms with van der Waals surface area (Å²) in [6, 6.07) is 6.98. The minimum atomic E-state index is 0.550. The Balaban J connectivity index is 1.94. The summed E-state index contributed by atoms with van der Waals surface area (Å²) in [5.74, 6) is 1.06. The average molecular weight is 250 g/mol. The molecule has 0 saturated carbocycles. The van der Waals surface area contributed by atoms with E-state index >= 15 is 0 Å². The van der Waals surface area contributed by atoms with E-state index in [1.54, 1.807) is 12.0 Å². The first-order valence-corrected chi connectivity index (χ1v) is 6.80. The van der Waals surface area contributed by atoms with Crippen molar-refractivity contribution >= 4 is 0 Å². The molecule has 0 aromatic heterocycles. The second-order valence-electron chi connectivity index (χ2n) is 5.08. The number of methoxy groups -OCH3 is 1. The summed E-state index contributed by atoms with van der Waals surface area (Å²) in [5.41, 5.74) is 2.86. The third kappa shape index (κ3) is 2.11. The van der Waals surface area contributed by atoms with E-state index in [9.17, 15) is 0 Å². The molecule has 0 spiro atoms. The zero-order valence-electron chi connectivity index (χ0n) is 10.9. The van der Waals surface area contributed by atoms with E-state index in [0.29, 0.717) is 6.04 Å². The highest BCUT2D eigenvalue weighted by Gasteiger charge is 2.35. The Labute approximate surface area is 108 Å². The number of benzene rings is 1. The summed E-state index contributed by atoms with van der Waals surface area (Å²) >= 11 is 0. The van der Waals surface area contributed by atoms with Crippen molar-refractivity contribution in [3.8, 4) is 5.75 Å². The molecule has 4 nitrogen and oxygen atoms in total. The number of ether oxygens (including phenoxy) is 2. The molecule has 2 heterocycles. The summed E-state index contributed by atoms with van der Waals surface area (Å²) in [6.45, 7) is 6.22. The van der Waals surface area contributed by atoms with Crippen molar-refractivity contribution in [1.29, 1.82) is 0 Å². The molecule has 1 aromatic carbocycles. The fourth-order valence-corrected chi connectivity index (χ4v) is 3.22. The first-order chi connectivity index (χ1) is 8.90. The molecule has 3 N–H and O–H groups in total. The Morgan fingerprint density at radius 3 is 2.94 bits per heavy atom. The summed E-state index contributed by atoms with van der Waals surface area (Å²) in [4.78, 5) is 1.64. The van der Waals surface area contributed by atoms with Crippen molar-refractivity contribution in [3.05, 3.63) is 29.3 Å². The van der Waals surface area contributed by atoms with Crippen LogP contribution >= 0.6 is 0 Å². The van der Waals surface area contributed by atoms with Crippen LogP contribution in [0.25, 0.3) is 0 Å². The molecule has 1 atom stereocenters. The molecule has 1 saturated heterocycles. The third-order valence-electron chi connectivity index (χ3n) is 4.12. The summed E-state index contributed by atoms with van der Waals surface area (Å²) in [6.07, 6.45) is 0. The standard InChI is InChI=1S/C14H20N2O2/c1-17-13-4-2-3-11-9-15-10-12(14(11)13)16-5-7-18-8-6-16/h2-4,12,15H,5-10H2,1H3/p+2/t12-/m1/s1. The van der Waals surface area contributed by atoms with Crippen molar-refractivity contribution in [2.24, 2.45) is 0 Å². The van der Waals surface area contributed by atoms with Gasteiger partial charge in [-0.2, -0.15) is 0 Å². The second-order valence-corrected chi connectivity index (χ2v) is 5.08.